The molecule has 0 aliphatic heterocycles. The maximum absolute atomic E-state index is 10.3. The highest BCUT2D eigenvalue weighted by molar-refractivity contribution is 5.60. The van der Waals surface area contributed by atoms with Crippen LogP contribution in [0.5, 0.6) is 0 Å². The van der Waals surface area contributed by atoms with Crippen molar-refractivity contribution >= 4 is 6.16 Å². The second-order valence-electron chi connectivity index (χ2n) is 1.43. The molecule has 0 atom stereocenters. The van der Waals surface area contributed by atoms with E-state index in [0.717, 1.165) is 0 Å². The lowest BCUT2D eigenvalue weighted by Crippen LogP contribution is -1.97. The molecule has 0 spiro atoms. The fraction of sp³-hybridized carbons (Fsp3) is 0.286. The third-order valence-corrected chi connectivity index (χ3v) is 0.713. The Balaban J connectivity index is 3.43. The Kier molecular flexibility index (Phi) is 5.14. The summed E-state index contributed by atoms with van der Waals surface area (Å²) in [6, 6.07) is 0. The standard InChI is InChI=1S/C7H10O3/c1-3-4-5-6-10-7(8)9-2/h3-6H,1-2H3/b4-3+,6-5+. The molecule has 0 unspecified atom stereocenters. The van der Waals surface area contributed by atoms with Crippen LogP contribution in [0.3, 0.4) is 0 Å². The zero-order valence-corrected chi connectivity index (χ0v) is 6.03. The van der Waals surface area contributed by atoms with Crippen LogP contribution in [0.25, 0.3) is 0 Å². The van der Waals surface area contributed by atoms with Gasteiger partial charge in [0.05, 0.1) is 13.4 Å². The van der Waals surface area contributed by atoms with E-state index in [1.807, 2.05) is 13.0 Å². The molecule has 0 amide bonds. The molecule has 0 rings (SSSR count). The van der Waals surface area contributed by atoms with E-state index in [2.05, 4.69) is 9.47 Å². The number of methoxy groups -OCH3 is 1. The Morgan fingerprint density at radius 3 is 2.60 bits per heavy atom. The molecular formula is C7H10O3. The molecular weight excluding hydrogens is 132 g/mol. The highest BCUT2D eigenvalue weighted by Crippen LogP contribution is 1.83. The number of hydrogen-bond donors (Lipinski definition) is 0. The van der Waals surface area contributed by atoms with Crippen LogP contribution in [0.4, 0.5) is 4.79 Å². The summed E-state index contributed by atoms with van der Waals surface area (Å²) in [5.41, 5.74) is 0. The van der Waals surface area contributed by atoms with E-state index in [1.54, 1.807) is 12.2 Å². The highest BCUT2D eigenvalue weighted by atomic mass is 16.7. The fourth-order valence-corrected chi connectivity index (χ4v) is 0.299. The van der Waals surface area contributed by atoms with E-state index >= 15 is 0 Å². The molecule has 0 aliphatic carbocycles. The van der Waals surface area contributed by atoms with Gasteiger partial charge in [0.15, 0.2) is 0 Å². The highest BCUT2D eigenvalue weighted by Gasteiger charge is 1.92. The summed E-state index contributed by atoms with van der Waals surface area (Å²) in [5.74, 6) is 0. The van der Waals surface area contributed by atoms with Gasteiger partial charge >= 0.3 is 6.16 Å². The van der Waals surface area contributed by atoms with Crippen LogP contribution in [0, 0.1) is 0 Å². The minimum absolute atomic E-state index is 0.708. The van der Waals surface area contributed by atoms with Gasteiger partial charge < -0.3 is 9.47 Å². The predicted octanol–water partition coefficient (Wildman–Crippen LogP) is 1.86. The molecule has 10 heavy (non-hydrogen) atoms. The molecule has 0 heterocycles. The zero-order valence-electron chi connectivity index (χ0n) is 6.03. The van der Waals surface area contributed by atoms with Crippen LogP contribution in [0.15, 0.2) is 24.5 Å². The first-order valence-corrected chi connectivity index (χ1v) is 2.83. The Morgan fingerprint density at radius 2 is 2.10 bits per heavy atom. The zero-order chi connectivity index (χ0) is 7.82. The maximum atomic E-state index is 10.3. The van der Waals surface area contributed by atoms with E-state index in [-0.39, 0.29) is 0 Å². The maximum Gasteiger partial charge on any atom is 0.512 e. The molecule has 0 saturated carbocycles. The lowest BCUT2D eigenvalue weighted by Gasteiger charge is -1.92. The Labute approximate surface area is 59.9 Å². The van der Waals surface area contributed by atoms with Crippen LogP contribution < -0.4 is 0 Å². The predicted molar refractivity (Wildman–Crippen MR) is 37.4 cm³/mol. The lowest BCUT2D eigenvalue weighted by molar-refractivity contribution is 0.106. The number of rotatable bonds is 2. The van der Waals surface area contributed by atoms with E-state index in [9.17, 15) is 4.79 Å². The quantitative estimate of drug-likeness (QED) is 0.335. The van der Waals surface area contributed by atoms with Crippen LogP contribution in [-0.2, 0) is 9.47 Å². The van der Waals surface area contributed by atoms with Crippen LogP contribution in [0.1, 0.15) is 6.92 Å². The first-order valence-electron chi connectivity index (χ1n) is 2.83. The third kappa shape index (κ3) is 4.90. The Bertz CT molecular complexity index is 147. The van der Waals surface area contributed by atoms with Crippen molar-refractivity contribution in [1.82, 2.24) is 0 Å². The minimum atomic E-state index is -0.708. The smallest absolute Gasteiger partial charge is 0.437 e. The summed E-state index contributed by atoms with van der Waals surface area (Å²) in [6.45, 7) is 1.86. The summed E-state index contributed by atoms with van der Waals surface area (Å²) >= 11 is 0. The molecule has 56 valence electrons. The van der Waals surface area contributed by atoms with Gasteiger partial charge in [0, 0.05) is 0 Å². The summed E-state index contributed by atoms with van der Waals surface area (Å²) in [7, 11) is 1.26. The molecule has 0 bridgehead atoms. The minimum Gasteiger partial charge on any atom is -0.437 e. The summed E-state index contributed by atoms with van der Waals surface area (Å²) < 4.78 is 8.59. The first-order chi connectivity index (χ1) is 4.81. The topological polar surface area (TPSA) is 35.5 Å². The van der Waals surface area contributed by atoms with Gasteiger partial charge in [0.2, 0.25) is 0 Å². The van der Waals surface area contributed by atoms with Crippen molar-refractivity contribution in [2.45, 2.75) is 6.92 Å². The van der Waals surface area contributed by atoms with Gasteiger partial charge in [-0.3, -0.25) is 0 Å². The Hall–Kier alpha value is -1.25. The molecule has 0 aromatic heterocycles. The summed E-state index contributed by atoms with van der Waals surface area (Å²) in [6.07, 6.45) is 5.70. The fourth-order valence-electron chi connectivity index (χ4n) is 0.299. The van der Waals surface area contributed by atoms with E-state index in [1.165, 1.54) is 13.4 Å². The lowest BCUT2D eigenvalue weighted by atomic mass is 10.5. The van der Waals surface area contributed by atoms with Gasteiger partial charge in [0.25, 0.3) is 0 Å². The normalized spacial score (nSPS) is 10.6. The number of allylic oxidation sites excluding steroid dienone is 3. The van der Waals surface area contributed by atoms with E-state index in [4.69, 9.17) is 0 Å². The largest absolute Gasteiger partial charge is 0.512 e. The van der Waals surface area contributed by atoms with Gasteiger partial charge in [-0.2, -0.15) is 0 Å². The van der Waals surface area contributed by atoms with Crippen molar-refractivity contribution in [3.8, 4) is 0 Å². The number of carbonyl (C=O) groups is 1. The van der Waals surface area contributed by atoms with Crippen molar-refractivity contribution in [1.29, 1.82) is 0 Å². The molecule has 3 heteroatoms. The number of ether oxygens (including phenoxy) is 2. The first kappa shape index (κ1) is 8.75. The van der Waals surface area contributed by atoms with E-state index < -0.39 is 6.16 Å². The van der Waals surface area contributed by atoms with Gasteiger partial charge in [-0.1, -0.05) is 12.2 Å². The van der Waals surface area contributed by atoms with E-state index in [0.29, 0.717) is 0 Å². The van der Waals surface area contributed by atoms with Gasteiger partial charge in [0.1, 0.15) is 0 Å². The van der Waals surface area contributed by atoms with Crippen molar-refractivity contribution in [3.63, 3.8) is 0 Å². The van der Waals surface area contributed by atoms with Crippen molar-refractivity contribution in [2.75, 3.05) is 7.11 Å². The second-order valence-corrected chi connectivity index (χ2v) is 1.43. The van der Waals surface area contributed by atoms with Crippen molar-refractivity contribution < 1.29 is 14.3 Å². The molecule has 0 aromatic rings. The van der Waals surface area contributed by atoms with Crippen molar-refractivity contribution in [3.05, 3.63) is 24.5 Å². The molecule has 0 aliphatic rings. The average Bonchev–Trinajstić information content (AvgIpc) is 1.98. The molecule has 0 N–H and O–H groups in total. The number of hydrogen-bond acceptors (Lipinski definition) is 3. The van der Waals surface area contributed by atoms with Crippen molar-refractivity contribution in [2.24, 2.45) is 0 Å². The second kappa shape index (κ2) is 5.88. The summed E-state index contributed by atoms with van der Waals surface area (Å²) in [5, 5.41) is 0. The van der Waals surface area contributed by atoms with Gasteiger partial charge in [-0.25, -0.2) is 4.79 Å². The monoisotopic (exact) mass is 142 g/mol. The van der Waals surface area contributed by atoms with Gasteiger partial charge in [-0.15, -0.1) is 0 Å². The molecule has 0 aromatic carbocycles. The van der Waals surface area contributed by atoms with Crippen LogP contribution in [0.2, 0.25) is 0 Å². The van der Waals surface area contributed by atoms with Crippen LogP contribution >= 0.6 is 0 Å². The van der Waals surface area contributed by atoms with Gasteiger partial charge in [-0.05, 0) is 13.0 Å². The SMILES string of the molecule is C/C=C/C=C/OC(=O)OC. The van der Waals surface area contributed by atoms with Crippen LogP contribution in [-0.4, -0.2) is 13.3 Å². The molecule has 0 saturated heterocycles. The Morgan fingerprint density at radius 1 is 1.40 bits per heavy atom. The number of carbonyl (C=O) groups excluding carboxylic acids is 1. The summed E-state index contributed by atoms with van der Waals surface area (Å²) in [4.78, 5) is 10.3. The molecule has 3 nitrogen and oxygen atoms in total. The molecule has 0 fully saturated rings. The third-order valence-electron chi connectivity index (χ3n) is 0.713. The molecule has 0 radical (unpaired) electrons. The average molecular weight is 142 g/mol.